The van der Waals surface area contributed by atoms with Crippen molar-refractivity contribution in [3.63, 3.8) is 0 Å². The lowest BCUT2D eigenvalue weighted by atomic mass is 10.2. The van der Waals surface area contributed by atoms with Gasteiger partial charge in [0.1, 0.15) is 0 Å². The molecule has 0 aliphatic rings. The summed E-state index contributed by atoms with van der Waals surface area (Å²) in [5.74, 6) is 0.450. The van der Waals surface area contributed by atoms with E-state index in [1.165, 1.54) is 36.6 Å². The molecule has 25 heavy (non-hydrogen) atoms. The fraction of sp³-hybridized carbons (Fsp3) is 0.357. The van der Waals surface area contributed by atoms with Gasteiger partial charge in [0.15, 0.2) is 4.34 Å². The summed E-state index contributed by atoms with van der Waals surface area (Å²) < 4.78 is 25.1. The number of sulfonamides is 1. The third kappa shape index (κ3) is 5.30. The maximum atomic E-state index is 12.5. The first-order valence-electron chi connectivity index (χ1n) is 7.23. The van der Waals surface area contributed by atoms with Crippen molar-refractivity contribution in [3.05, 3.63) is 28.8 Å². The topological polar surface area (TPSA) is 92.3 Å². The molecule has 1 aromatic heterocycles. The fourth-order valence-electron chi connectivity index (χ4n) is 1.75. The molecule has 0 spiro atoms. The summed E-state index contributed by atoms with van der Waals surface area (Å²) in [5.41, 5.74) is 0.501. The summed E-state index contributed by atoms with van der Waals surface area (Å²) in [7, 11) is -2.04. The Morgan fingerprint density at radius 1 is 1.40 bits per heavy atom. The molecule has 0 radical (unpaired) electrons. The zero-order valence-electron chi connectivity index (χ0n) is 13.8. The number of benzene rings is 1. The van der Waals surface area contributed by atoms with Crippen LogP contribution in [0.5, 0.6) is 0 Å². The van der Waals surface area contributed by atoms with E-state index < -0.39 is 15.9 Å². The highest BCUT2D eigenvalue weighted by Crippen LogP contribution is 2.28. The van der Waals surface area contributed by atoms with Gasteiger partial charge in [-0.2, -0.15) is 0 Å². The number of amides is 1. The van der Waals surface area contributed by atoms with Crippen molar-refractivity contribution in [1.82, 2.24) is 10.2 Å². The number of rotatable bonds is 7. The van der Waals surface area contributed by atoms with Crippen LogP contribution in [-0.4, -0.2) is 43.6 Å². The Hall–Kier alpha value is -1.36. The molecule has 2 aromatic rings. The summed E-state index contributed by atoms with van der Waals surface area (Å²) in [6, 6.07) is 4.44. The molecule has 0 atom stereocenters. The highest BCUT2D eigenvalue weighted by Gasteiger charge is 2.18. The fourth-order valence-corrected chi connectivity index (χ4v) is 4.12. The van der Waals surface area contributed by atoms with Gasteiger partial charge < -0.3 is 0 Å². The van der Waals surface area contributed by atoms with Crippen LogP contribution < -0.4 is 9.62 Å². The monoisotopic (exact) mass is 420 g/mol. The maximum absolute atomic E-state index is 12.5. The van der Waals surface area contributed by atoms with E-state index in [4.69, 9.17) is 11.6 Å². The first-order chi connectivity index (χ1) is 11.7. The second-order valence-electron chi connectivity index (χ2n) is 5.07. The predicted molar refractivity (Wildman–Crippen MR) is 104 cm³/mol. The van der Waals surface area contributed by atoms with Gasteiger partial charge in [0.2, 0.25) is 15.2 Å². The van der Waals surface area contributed by atoms with Gasteiger partial charge in [-0.05, 0) is 24.6 Å². The van der Waals surface area contributed by atoms with Crippen molar-refractivity contribution in [2.24, 2.45) is 0 Å². The number of carbonyl (C=O) groups is 1. The molecule has 0 saturated heterocycles. The molecule has 136 valence electrons. The molecule has 1 N–H and O–H groups in total. The van der Waals surface area contributed by atoms with E-state index in [0.717, 1.165) is 27.1 Å². The maximum Gasteiger partial charge on any atom is 0.259 e. The van der Waals surface area contributed by atoms with Crippen molar-refractivity contribution < 1.29 is 13.2 Å². The van der Waals surface area contributed by atoms with Crippen LogP contribution in [0.3, 0.4) is 0 Å². The van der Waals surface area contributed by atoms with Crippen LogP contribution in [0, 0.1) is 0 Å². The molecule has 0 bridgehead atoms. The molecule has 0 fully saturated rings. The Morgan fingerprint density at radius 2 is 2.12 bits per heavy atom. The first kappa shape index (κ1) is 20.0. The number of anilines is 2. The van der Waals surface area contributed by atoms with Crippen LogP contribution in [0.15, 0.2) is 22.5 Å². The number of halogens is 1. The van der Waals surface area contributed by atoms with Crippen molar-refractivity contribution >= 4 is 61.4 Å². The first-order valence-corrected chi connectivity index (χ1v) is 11.3. The van der Waals surface area contributed by atoms with E-state index in [-0.39, 0.29) is 10.6 Å². The molecule has 1 amide bonds. The lowest BCUT2D eigenvalue weighted by molar-refractivity contribution is 0.102. The Bertz CT molecular complexity index is 870. The van der Waals surface area contributed by atoms with E-state index in [0.29, 0.717) is 10.8 Å². The molecule has 1 heterocycles. The van der Waals surface area contributed by atoms with E-state index in [1.807, 2.05) is 0 Å². The molecule has 1 aromatic carbocycles. The minimum absolute atomic E-state index is 0.160. The van der Waals surface area contributed by atoms with Crippen molar-refractivity contribution in [3.8, 4) is 0 Å². The van der Waals surface area contributed by atoms with Gasteiger partial charge >= 0.3 is 0 Å². The minimum Gasteiger partial charge on any atom is -0.296 e. The van der Waals surface area contributed by atoms with Gasteiger partial charge in [0.25, 0.3) is 5.91 Å². The number of thioether (sulfide) groups is 1. The third-order valence-electron chi connectivity index (χ3n) is 3.11. The quantitative estimate of drug-likeness (QED) is 0.545. The molecule has 0 unspecified atom stereocenters. The summed E-state index contributed by atoms with van der Waals surface area (Å²) in [4.78, 5) is 12.5. The highest BCUT2D eigenvalue weighted by molar-refractivity contribution is 8.01. The van der Waals surface area contributed by atoms with E-state index >= 15 is 0 Å². The molecular weight excluding hydrogens is 404 g/mol. The van der Waals surface area contributed by atoms with Crippen LogP contribution >= 0.6 is 34.7 Å². The van der Waals surface area contributed by atoms with E-state index in [1.54, 1.807) is 11.8 Å². The second kappa shape index (κ2) is 8.35. The van der Waals surface area contributed by atoms with Crippen LogP contribution in [-0.2, 0) is 10.0 Å². The van der Waals surface area contributed by atoms with Gasteiger partial charge in [-0.1, -0.05) is 41.6 Å². The summed E-state index contributed by atoms with van der Waals surface area (Å²) in [6.45, 7) is 2.07. The van der Waals surface area contributed by atoms with Gasteiger partial charge in [-0.15, -0.1) is 10.2 Å². The number of aromatic nitrogens is 2. The molecule has 2 rings (SSSR count). The highest BCUT2D eigenvalue weighted by atomic mass is 35.5. The molecule has 11 heteroatoms. The summed E-state index contributed by atoms with van der Waals surface area (Å²) in [6.07, 6.45) is 2.10. The van der Waals surface area contributed by atoms with Gasteiger partial charge in [-0.25, -0.2) is 8.42 Å². The van der Waals surface area contributed by atoms with E-state index in [2.05, 4.69) is 22.4 Å². The summed E-state index contributed by atoms with van der Waals surface area (Å²) >= 11 is 8.93. The molecular formula is C14H17ClN4O3S3. The molecule has 0 aliphatic carbocycles. The average molecular weight is 421 g/mol. The number of carbonyl (C=O) groups excluding carboxylic acids is 1. The Balaban J connectivity index is 2.20. The Morgan fingerprint density at radius 3 is 2.76 bits per heavy atom. The smallest absolute Gasteiger partial charge is 0.259 e. The predicted octanol–water partition coefficient (Wildman–Crippen LogP) is 3.34. The van der Waals surface area contributed by atoms with Gasteiger partial charge in [-0.3, -0.25) is 14.4 Å². The Labute approximate surface area is 159 Å². The average Bonchev–Trinajstić information content (AvgIpc) is 2.99. The molecule has 0 saturated carbocycles. The van der Waals surface area contributed by atoms with Crippen LogP contribution in [0.1, 0.15) is 23.7 Å². The zero-order chi connectivity index (χ0) is 18.6. The third-order valence-corrected chi connectivity index (χ3v) is 6.83. The van der Waals surface area contributed by atoms with Gasteiger partial charge in [0.05, 0.1) is 22.5 Å². The minimum atomic E-state index is -3.44. The van der Waals surface area contributed by atoms with Crippen molar-refractivity contribution in [2.75, 3.05) is 28.7 Å². The lowest BCUT2D eigenvalue weighted by Crippen LogP contribution is -2.25. The largest absolute Gasteiger partial charge is 0.296 e. The van der Waals surface area contributed by atoms with Crippen LogP contribution in [0.4, 0.5) is 10.8 Å². The normalized spacial score (nSPS) is 11.4. The zero-order valence-corrected chi connectivity index (χ0v) is 17.0. The summed E-state index contributed by atoms with van der Waals surface area (Å²) in [5, 5.41) is 11.1. The number of nitrogens with one attached hydrogen (secondary N) is 1. The van der Waals surface area contributed by atoms with Crippen molar-refractivity contribution in [2.45, 2.75) is 17.7 Å². The Kier molecular flexibility index (Phi) is 6.66. The van der Waals surface area contributed by atoms with E-state index in [9.17, 15) is 13.2 Å². The van der Waals surface area contributed by atoms with Crippen LogP contribution in [0.2, 0.25) is 5.02 Å². The van der Waals surface area contributed by atoms with Crippen molar-refractivity contribution in [1.29, 1.82) is 0 Å². The number of nitrogens with zero attached hydrogens (tertiary/aromatic N) is 3. The molecule has 7 nitrogen and oxygen atoms in total. The standard InChI is InChI=1S/C14H17ClN4O3S3/c1-4-7-23-14-18-17-13(24-14)16-12(20)10-8-9(5-6-11(10)15)19(2)25(3,21)22/h5-6,8H,4,7H2,1-3H3,(H,16,17,20). The lowest BCUT2D eigenvalue weighted by Gasteiger charge is -2.17. The number of hydrogen-bond donors (Lipinski definition) is 1. The van der Waals surface area contributed by atoms with Gasteiger partial charge in [0, 0.05) is 12.8 Å². The van der Waals surface area contributed by atoms with Crippen LogP contribution in [0.25, 0.3) is 0 Å². The molecule has 0 aliphatic heterocycles. The SMILES string of the molecule is CCCSc1nnc(NC(=O)c2cc(N(C)S(C)(=O)=O)ccc2Cl)s1. The second-order valence-corrected chi connectivity index (χ2v) is 9.81. The number of hydrogen-bond acceptors (Lipinski definition) is 7.